The van der Waals surface area contributed by atoms with Crippen LogP contribution < -0.4 is 5.32 Å². The van der Waals surface area contributed by atoms with Gasteiger partial charge in [-0.25, -0.2) is 14.4 Å². The van der Waals surface area contributed by atoms with Gasteiger partial charge in [-0.3, -0.25) is 0 Å². The van der Waals surface area contributed by atoms with Gasteiger partial charge in [0.25, 0.3) is 0 Å². The maximum atomic E-state index is 13.2. The number of aryl methyl sites for hydroxylation is 1. The molecule has 0 bridgehead atoms. The Balaban J connectivity index is 1.91. The van der Waals surface area contributed by atoms with Crippen LogP contribution in [0.3, 0.4) is 0 Å². The van der Waals surface area contributed by atoms with Crippen LogP contribution in [0.25, 0.3) is 0 Å². The van der Waals surface area contributed by atoms with Crippen molar-refractivity contribution in [3.8, 4) is 0 Å². The fourth-order valence-electron chi connectivity index (χ4n) is 2.48. The molecule has 0 atom stereocenters. The van der Waals surface area contributed by atoms with Gasteiger partial charge in [0, 0.05) is 37.2 Å². The van der Waals surface area contributed by atoms with Crippen LogP contribution in [0.4, 0.5) is 4.39 Å². The number of hydrogen-bond acceptors (Lipinski definition) is 3. The maximum Gasteiger partial charge on any atom is 0.133 e. The van der Waals surface area contributed by atoms with Crippen LogP contribution in [0.15, 0.2) is 24.3 Å². The Kier molecular flexibility index (Phi) is 3.25. The summed E-state index contributed by atoms with van der Waals surface area (Å²) in [6.07, 6.45) is 1.52. The molecule has 0 saturated heterocycles. The Bertz CT molecular complexity index is 610. The molecular formula is C15H16FN3. The number of aromatic nitrogens is 2. The van der Waals surface area contributed by atoms with Crippen LogP contribution >= 0.6 is 0 Å². The first kappa shape index (κ1) is 12.2. The summed E-state index contributed by atoms with van der Waals surface area (Å²) in [5.41, 5.74) is 4.30. The molecule has 1 aromatic carbocycles. The molecule has 2 aromatic rings. The largest absolute Gasteiger partial charge is 0.312 e. The Labute approximate surface area is 111 Å². The molecular weight excluding hydrogens is 241 g/mol. The molecule has 3 rings (SSSR count). The first-order chi connectivity index (χ1) is 9.22. The third-order valence-corrected chi connectivity index (χ3v) is 3.44. The Morgan fingerprint density at radius 2 is 2.21 bits per heavy atom. The minimum atomic E-state index is -0.212. The van der Waals surface area contributed by atoms with Crippen molar-refractivity contribution in [1.29, 1.82) is 0 Å². The molecule has 0 fully saturated rings. The fraction of sp³-hybridized carbons (Fsp3) is 0.333. The zero-order valence-corrected chi connectivity index (χ0v) is 10.9. The van der Waals surface area contributed by atoms with E-state index in [2.05, 4.69) is 15.3 Å². The van der Waals surface area contributed by atoms with Crippen LogP contribution in [-0.2, 0) is 19.4 Å². The van der Waals surface area contributed by atoms with Gasteiger partial charge in [-0.15, -0.1) is 0 Å². The van der Waals surface area contributed by atoms with Crippen LogP contribution in [0.2, 0.25) is 0 Å². The van der Waals surface area contributed by atoms with E-state index in [9.17, 15) is 4.39 Å². The standard InChI is InChI=1S/C15H16FN3/c1-10-13-9-17-6-5-14(13)19-15(18-10)8-11-3-2-4-12(16)7-11/h2-4,7,17H,5-6,8-9H2,1H3. The van der Waals surface area contributed by atoms with Crippen LogP contribution in [0.1, 0.15) is 28.3 Å². The lowest BCUT2D eigenvalue weighted by molar-refractivity contribution is 0.614. The Hall–Kier alpha value is -1.81. The van der Waals surface area contributed by atoms with Gasteiger partial charge in [0.05, 0.1) is 5.69 Å². The zero-order chi connectivity index (χ0) is 13.2. The van der Waals surface area contributed by atoms with E-state index in [0.717, 1.165) is 42.3 Å². The molecule has 19 heavy (non-hydrogen) atoms. The molecule has 4 heteroatoms. The highest BCUT2D eigenvalue weighted by Gasteiger charge is 2.15. The lowest BCUT2D eigenvalue weighted by atomic mass is 10.0. The van der Waals surface area contributed by atoms with E-state index in [1.807, 2.05) is 13.0 Å². The molecule has 3 nitrogen and oxygen atoms in total. The SMILES string of the molecule is Cc1nc(Cc2cccc(F)c2)nc2c1CNCC2. The van der Waals surface area contributed by atoms with Crippen LogP contribution in [0.5, 0.6) is 0 Å². The second kappa shape index (κ2) is 5.05. The van der Waals surface area contributed by atoms with Crippen molar-refractivity contribution in [3.05, 3.63) is 58.4 Å². The highest BCUT2D eigenvalue weighted by Crippen LogP contribution is 2.16. The van der Waals surface area contributed by atoms with Gasteiger partial charge in [0.2, 0.25) is 0 Å². The molecule has 98 valence electrons. The first-order valence-corrected chi connectivity index (χ1v) is 6.53. The molecule has 1 N–H and O–H groups in total. The van der Waals surface area contributed by atoms with Crippen molar-refractivity contribution >= 4 is 0 Å². The van der Waals surface area contributed by atoms with Crippen LogP contribution in [-0.4, -0.2) is 16.5 Å². The van der Waals surface area contributed by atoms with Crippen molar-refractivity contribution in [3.63, 3.8) is 0 Å². The molecule has 0 aliphatic carbocycles. The van der Waals surface area contributed by atoms with Crippen molar-refractivity contribution in [2.75, 3.05) is 6.54 Å². The van der Waals surface area contributed by atoms with E-state index in [-0.39, 0.29) is 5.82 Å². The average Bonchev–Trinajstić information content (AvgIpc) is 2.39. The second-order valence-corrected chi connectivity index (χ2v) is 4.88. The van der Waals surface area contributed by atoms with Gasteiger partial charge in [-0.2, -0.15) is 0 Å². The summed E-state index contributed by atoms with van der Waals surface area (Å²) in [5.74, 6) is 0.570. The molecule has 0 spiro atoms. The highest BCUT2D eigenvalue weighted by molar-refractivity contribution is 5.29. The Morgan fingerprint density at radius 1 is 1.32 bits per heavy atom. The van der Waals surface area contributed by atoms with Crippen molar-refractivity contribution in [2.45, 2.75) is 26.3 Å². The first-order valence-electron chi connectivity index (χ1n) is 6.53. The van der Waals surface area contributed by atoms with Crippen LogP contribution in [0, 0.1) is 12.7 Å². The van der Waals surface area contributed by atoms with Crippen molar-refractivity contribution < 1.29 is 4.39 Å². The normalized spacial score (nSPS) is 14.2. The molecule has 0 radical (unpaired) electrons. The summed E-state index contributed by atoms with van der Waals surface area (Å²) in [6, 6.07) is 6.62. The van der Waals surface area contributed by atoms with E-state index in [4.69, 9.17) is 0 Å². The van der Waals surface area contributed by atoms with E-state index in [0.29, 0.717) is 6.42 Å². The highest BCUT2D eigenvalue weighted by atomic mass is 19.1. The number of nitrogens with zero attached hydrogens (tertiary/aromatic N) is 2. The van der Waals surface area contributed by atoms with Gasteiger partial charge < -0.3 is 5.32 Å². The summed E-state index contributed by atoms with van der Waals surface area (Å²) in [5, 5.41) is 3.33. The molecule has 0 saturated carbocycles. The smallest absolute Gasteiger partial charge is 0.133 e. The minimum Gasteiger partial charge on any atom is -0.312 e. The quantitative estimate of drug-likeness (QED) is 0.896. The molecule has 0 amide bonds. The Morgan fingerprint density at radius 3 is 3.05 bits per heavy atom. The van der Waals surface area contributed by atoms with Crippen molar-refractivity contribution in [1.82, 2.24) is 15.3 Å². The average molecular weight is 257 g/mol. The molecule has 1 aliphatic rings. The van der Waals surface area contributed by atoms with Crippen molar-refractivity contribution in [2.24, 2.45) is 0 Å². The summed E-state index contributed by atoms with van der Waals surface area (Å²) >= 11 is 0. The van der Waals surface area contributed by atoms with E-state index in [1.165, 1.54) is 11.6 Å². The summed E-state index contributed by atoms with van der Waals surface area (Å²) < 4.78 is 13.2. The maximum absolute atomic E-state index is 13.2. The van der Waals surface area contributed by atoms with Gasteiger partial charge in [-0.05, 0) is 24.6 Å². The number of fused-ring (bicyclic) bond motifs is 1. The van der Waals surface area contributed by atoms with Gasteiger partial charge in [0.1, 0.15) is 11.6 Å². The third kappa shape index (κ3) is 2.63. The second-order valence-electron chi connectivity index (χ2n) is 4.88. The predicted molar refractivity (Wildman–Crippen MR) is 71.4 cm³/mol. The topological polar surface area (TPSA) is 37.8 Å². The number of hydrogen-bond donors (Lipinski definition) is 1. The predicted octanol–water partition coefficient (Wildman–Crippen LogP) is 2.16. The molecule has 1 aromatic heterocycles. The number of halogens is 1. The third-order valence-electron chi connectivity index (χ3n) is 3.44. The monoisotopic (exact) mass is 257 g/mol. The van der Waals surface area contributed by atoms with Gasteiger partial charge >= 0.3 is 0 Å². The lowest BCUT2D eigenvalue weighted by Crippen LogP contribution is -2.26. The van der Waals surface area contributed by atoms with E-state index in [1.54, 1.807) is 12.1 Å². The fourth-order valence-corrected chi connectivity index (χ4v) is 2.48. The summed E-state index contributed by atoms with van der Waals surface area (Å²) in [6.45, 7) is 3.83. The number of rotatable bonds is 2. The minimum absolute atomic E-state index is 0.212. The molecule has 1 aliphatic heterocycles. The molecule has 0 unspecified atom stereocenters. The number of nitrogens with one attached hydrogen (secondary N) is 1. The zero-order valence-electron chi connectivity index (χ0n) is 10.9. The lowest BCUT2D eigenvalue weighted by Gasteiger charge is -2.18. The van der Waals surface area contributed by atoms with E-state index < -0.39 is 0 Å². The number of benzene rings is 1. The van der Waals surface area contributed by atoms with Gasteiger partial charge in [-0.1, -0.05) is 12.1 Å². The summed E-state index contributed by atoms with van der Waals surface area (Å²) in [4.78, 5) is 9.16. The van der Waals surface area contributed by atoms with Gasteiger partial charge in [0.15, 0.2) is 0 Å². The molecule has 2 heterocycles. The van der Waals surface area contributed by atoms with E-state index >= 15 is 0 Å². The summed E-state index contributed by atoms with van der Waals surface area (Å²) in [7, 11) is 0.